The summed E-state index contributed by atoms with van der Waals surface area (Å²) >= 11 is 0. The number of hydrogen-bond donors (Lipinski definition) is 1. The van der Waals surface area contributed by atoms with E-state index in [1.807, 2.05) is 18.5 Å². The molecule has 0 radical (unpaired) electrons. The van der Waals surface area contributed by atoms with Gasteiger partial charge in [0.1, 0.15) is 17.5 Å². The fourth-order valence-electron chi connectivity index (χ4n) is 4.72. The molecular weight excluding hydrogens is 444 g/mol. The van der Waals surface area contributed by atoms with Crippen molar-refractivity contribution >= 4 is 29.4 Å². The van der Waals surface area contributed by atoms with Crippen LogP contribution in [0.5, 0.6) is 5.75 Å². The number of hydrogen-bond acceptors (Lipinski definition) is 6. The smallest absolute Gasteiger partial charge is 0.409 e. The molecular formula is C27H30N4O4. The fraction of sp³-hybridized carbons (Fsp3) is 0.370. The van der Waals surface area contributed by atoms with E-state index in [2.05, 4.69) is 46.0 Å². The highest BCUT2D eigenvalue weighted by atomic mass is 16.5. The zero-order valence-corrected chi connectivity index (χ0v) is 20.0. The van der Waals surface area contributed by atoms with E-state index < -0.39 is 0 Å². The van der Waals surface area contributed by atoms with Crippen molar-refractivity contribution in [3.63, 3.8) is 0 Å². The third kappa shape index (κ3) is 4.93. The minimum atomic E-state index is -0.295. The van der Waals surface area contributed by atoms with Crippen LogP contribution in [0.4, 0.5) is 4.79 Å². The number of H-pyrrole nitrogens is 1. The number of carbonyl (C=O) groups is 1. The second kappa shape index (κ2) is 10.3. The number of aromatic nitrogens is 2. The number of fused-ring (bicyclic) bond motifs is 1. The highest BCUT2D eigenvalue weighted by Crippen LogP contribution is 2.34. The Morgan fingerprint density at radius 1 is 1.29 bits per heavy atom. The normalized spacial score (nSPS) is 16.7. The summed E-state index contributed by atoms with van der Waals surface area (Å²) < 4.78 is 16.6. The maximum Gasteiger partial charge on any atom is 0.409 e. The van der Waals surface area contributed by atoms with E-state index in [1.165, 1.54) is 12.7 Å². The first kappa shape index (κ1) is 23.1. The van der Waals surface area contributed by atoms with Crippen LogP contribution in [0.3, 0.4) is 0 Å². The van der Waals surface area contributed by atoms with E-state index in [9.17, 15) is 4.79 Å². The molecule has 2 aliphatic heterocycles. The molecule has 5 rings (SSSR count). The monoisotopic (exact) mass is 474 g/mol. The Morgan fingerprint density at radius 2 is 2.14 bits per heavy atom. The third-order valence-corrected chi connectivity index (χ3v) is 6.66. The molecule has 0 unspecified atom stereocenters. The third-order valence-electron chi connectivity index (χ3n) is 6.66. The quantitative estimate of drug-likeness (QED) is 0.516. The molecule has 182 valence electrons. The molecule has 8 heteroatoms. The van der Waals surface area contributed by atoms with Gasteiger partial charge in [-0.15, -0.1) is 0 Å². The Kier molecular flexibility index (Phi) is 6.81. The van der Waals surface area contributed by atoms with Crippen LogP contribution < -0.4 is 4.74 Å². The van der Waals surface area contributed by atoms with Crippen molar-refractivity contribution in [2.45, 2.75) is 31.9 Å². The molecule has 0 bridgehead atoms. The summed E-state index contributed by atoms with van der Waals surface area (Å²) in [4.78, 5) is 25.6. The summed E-state index contributed by atoms with van der Waals surface area (Å²) in [6, 6.07) is 8.43. The first-order valence-electron chi connectivity index (χ1n) is 12.0. The van der Waals surface area contributed by atoms with Crippen molar-refractivity contribution in [2.24, 2.45) is 4.99 Å². The second-order valence-electron chi connectivity index (χ2n) is 8.85. The van der Waals surface area contributed by atoms with Crippen molar-refractivity contribution in [3.8, 4) is 16.9 Å². The first-order valence-corrected chi connectivity index (χ1v) is 12.0. The lowest BCUT2D eigenvalue weighted by molar-refractivity contribution is 0.0252. The lowest BCUT2D eigenvalue weighted by Crippen LogP contribution is -2.34. The van der Waals surface area contributed by atoms with Gasteiger partial charge in [0.2, 0.25) is 0 Å². The van der Waals surface area contributed by atoms with Crippen molar-refractivity contribution in [2.75, 3.05) is 33.4 Å². The average Bonchev–Trinajstić information content (AvgIpc) is 3.33. The van der Waals surface area contributed by atoms with Crippen LogP contribution in [0.15, 0.2) is 47.7 Å². The van der Waals surface area contributed by atoms with Crippen molar-refractivity contribution in [1.29, 1.82) is 0 Å². The number of aliphatic imine (C=N–C) groups is 1. The van der Waals surface area contributed by atoms with Gasteiger partial charge in [-0.1, -0.05) is 12.1 Å². The van der Waals surface area contributed by atoms with E-state index in [-0.39, 0.29) is 12.2 Å². The number of benzene rings is 1. The Bertz CT molecular complexity index is 1260. The Morgan fingerprint density at radius 3 is 2.89 bits per heavy atom. The predicted octanol–water partition coefficient (Wildman–Crippen LogP) is 4.84. The molecule has 0 atom stereocenters. The molecule has 0 saturated carbocycles. The number of aromatic amines is 1. The van der Waals surface area contributed by atoms with Gasteiger partial charge in [-0.2, -0.15) is 0 Å². The van der Waals surface area contributed by atoms with Crippen LogP contribution in [0.25, 0.3) is 27.7 Å². The van der Waals surface area contributed by atoms with Crippen LogP contribution in [-0.2, 0) is 16.0 Å². The number of pyridine rings is 1. The van der Waals surface area contributed by atoms with Crippen LogP contribution in [-0.4, -0.2) is 67.2 Å². The lowest BCUT2D eigenvalue weighted by Gasteiger charge is -2.25. The Hall–Kier alpha value is -3.65. The van der Waals surface area contributed by atoms with Crippen molar-refractivity contribution < 1.29 is 19.0 Å². The van der Waals surface area contributed by atoms with E-state index >= 15 is 0 Å². The summed E-state index contributed by atoms with van der Waals surface area (Å²) in [5.41, 5.74) is 6.24. The van der Waals surface area contributed by atoms with Gasteiger partial charge >= 0.3 is 6.09 Å². The number of rotatable bonds is 6. The topological polar surface area (TPSA) is 89.0 Å². The van der Waals surface area contributed by atoms with Gasteiger partial charge in [-0.05, 0) is 48.0 Å². The summed E-state index contributed by atoms with van der Waals surface area (Å²) in [5, 5.41) is 1.05. The minimum absolute atomic E-state index is 0.164. The Balaban J connectivity index is 1.43. The second-order valence-corrected chi connectivity index (χ2v) is 8.85. The largest absolute Gasteiger partial charge is 0.490 e. The van der Waals surface area contributed by atoms with Crippen LogP contribution in [0.1, 0.15) is 30.4 Å². The zero-order chi connectivity index (χ0) is 24.2. The molecule has 0 aliphatic carbocycles. The molecule has 35 heavy (non-hydrogen) atoms. The standard InChI is InChI=1S/C27H30N4O4/c1-28-15-21-13-19(3-4-25(21)35-22-7-11-34-12-8-22)24-17-30-26-23(24)14-20(16-29-26)18-5-9-31(10-6-18)27(32)33-2/h3-5,13-14,16-17,22H,1,6-12,15H2,2H3,(H,29,30). The van der Waals surface area contributed by atoms with Crippen LogP contribution in [0, 0.1) is 0 Å². The molecule has 1 N–H and O–H groups in total. The SMILES string of the molecule is C=NCc1cc(-c2c[nH]c3ncc(C4=CCN(C(=O)OC)CC4)cc23)ccc1OC1CCOCC1. The maximum absolute atomic E-state index is 11.8. The van der Waals surface area contributed by atoms with Gasteiger partial charge < -0.3 is 24.1 Å². The summed E-state index contributed by atoms with van der Waals surface area (Å²) in [6.07, 6.45) is 8.38. The maximum atomic E-state index is 11.8. The predicted molar refractivity (Wildman–Crippen MR) is 136 cm³/mol. The molecule has 2 aromatic heterocycles. The highest BCUT2D eigenvalue weighted by Gasteiger charge is 2.20. The number of ether oxygens (including phenoxy) is 3. The van der Waals surface area contributed by atoms with E-state index in [0.29, 0.717) is 19.6 Å². The number of nitrogens with one attached hydrogen (secondary N) is 1. The molecule has 1 amide bonds. The van der Waals surface area contributed by atoms with E-state index in [0.717, 1.165) is 71.5 Å². The average molecular weight is 475 g/mol. The van der Waals surface area contributed by atoms with Gasteiger partial charge in [-0.25, -0.2) is 9.78 Å². The molecule has 1 aromatic carbocycles. The fourth-order valence-corrected chi connectivity index (χ4v) is 4.72. The number of carbonyl (C=O) groups excluding carboxylic acids is 1. The summed E-state index contributed by atoms with van der Waals surface area (Å²) in [7, 11) is 1.41. The van der Waals surface area contributed by atoms with E-state index in [1.54, 1.807) is 4.90 Å². The van der Waals surface area contributed by atoms with E-state index in [4.69, 9.17) is 14.2 Å². The molecule has 0 spiro atoms. The first-order chi connectivity index (χ1) is 17.2. The molecule has 2 aliphatic rings. The number of amides is 1. The van der Waals surface area contributed by atoms with Crippen LogP contribution >= 0.6 is 0 Å². The number of nitrogens with zero attached hydrogens (tertiary/aromatic N) is 3. The minimum Gasteiger partial charge on any atom is -0.490 e. The molecule has 4 heterocycles. The molecule has 1 fully saturated rings. The summed E-state index contributed by atoms with van der Waals surface area (Å²) in [6.45, 7) is 6.81. The Labute approximate surface area is 204 Å². The highest BCUT2D eigenvalue weighted by molar-refractivity contribution is 5.95. The zero-order valence-electron chi connectivity index (χ0n) is 20.0. The van der Waals surface area contributed by atoms with Gasteiger partial charge in [0.25, 0.3) is 0 Å². The lowest BCUT2D eigenvalue weighted by atomic mass is 9.98. The van der Waals surface area contributed by atoms with Crippen molar-refractivity contribution in [3.05, 3.63) is 53.9 Å². The van der Waals surface area contributed by atoms with Gasteiger partial charge in [0.05, 0.1) is 26.9 Å². The molecule has 8 nitrogen and oxygen atoms in total. The van der Waals surface area contributed by atoms with Crippen LogP contribution in [0.2, 0.25) is 0 Å². The molecule has 3 aromatic rings. The summed E-state index contributed by atoms with van der Waals surface area (Å²) in [5.74, 6) is 0.856. The molecule has 1 saturated heterocycles. The van der Waals surface area contributed by atoms with Crippen molar-refractivity contribution in [1.82, 2.24) is 14.9 Å². The van der Waals surface area contributed by atoms with Gasteiger partial charge in [0.15, 0.2) is 0 Å². The van der Waals surface area contributed by atoms with Gasteiger partial charge in [0, 0.05) is 54.8 Å². The van der Waals surface area contributed by atoms with Gasteiger partial charge in [-0.3, -0.25) is 4.99 Å². The number of methoxy groups -OCH3 is 1.